The molecule has 37 heavy (non-hydrogen) atoms. The zero-order valence-electron chi connectivity index (χ0n) is 18.6. The van der Waals surface area contributed by atoms with Gasteiger partial charge in [-0.2, -0.15) is 8.78 Å². The smallest absolute Gasteiger partial charge is 0.405 e. The fourth-order valence-corrected chi connectivity index (χ4v) is 4.53. The van der Waals surface area contributed by atoms with Gasteiger partial charge in [-0.15, -0.1) is 13.2 Å². The summed E-state index contributed by atoms with van der Waals surface area (Å²) in [5, 5.41) is 4.27. The van der Waals surface area contributed by atoms with Gasteiger partial charge in [-0.3, -0.25) is 24.5 Å². The first-order valence-corrected chi connectivity index (χ1v) is 11.5. The summed E-state index contributed by atoms with van der Waals surface area (Å²) < 4.78 is 69.8. The molecule has 2 aromatic rings. The van der Waals surface area contributed by atoms with Gasteiger partial charge in [0.2, 0.25) is 11.8 Å². The lowest BCUT2D eigenvalue weighted by molar-refractivity contribution is -0.274. The SMILES string of the molecule is O=C1CCC(N2Cc3cc(CNC(=O)C(F)(F)c4ccc(OC(F)(F)F)c(Br)c4)ccc3C2=O)C(=O)N1. The lowest BCUT2D eigenvalue weighted by atomic mass is 10.0. The lowest BCUT2D eigenvalue weighted by Gasteiger charge is -2.29. The van der Waals surface area contributed by atoms with Crippen LogP contribution in [0.2, 0.25) is 0 Å². The van der Waals surface area contributed by atoms with Crippen molar-refractivity contribution in [3.05, 3.63) is 63.1 Å². The molecule has 1 fully saturated rings. The van der Waals surface area contributed by atoms with Crippen LogP contribution in [-0.2, 0) is 33.4 Å². The highest BCUT2D eigenvalue weighted by Crippen LogP contribution is 2.36. The van der Waals surface area contributed by atoms with E-state index in [1.807, 2.05) is 0 Å². The minimum Gasteiger partial charge on any atom is -0.405 e. The predicted molar refractivity (Wildman–Crippen MR) is 119 cm³/mol. The zero-order chi connectivity index (χ0) is 27.1. The van der Waals surface area contributed by atoms with Crippen LogP contribution >= 0.6 is 15.9 Å². The molecule has 1 atom stereocenters. The summed E-state index contributed by atoms with van der Waals surface area (Å²) in [4.78, 5) is 49.8. The molecule has 4 rings (SSSR count). The molecule has 2 N–H and O–H groups in total. The molecule has 0 saturated carbocycles. The van der Waals surface area contributed by atoms with Gasteiger partial charge in [0.05, 0.1) is 4.47 Å². The first-order valence-electron chi connectivity index (χ1n) is 10.7. The van der Waals surface area contributed by atoms with Crippen molar-refractivity contribution in [3.63, 3.8) is 0 Å². The van der Waals surface area contributed by atoms with E-state index in [1.54, 1.807) is 0 Å². The highest BCUT2D eigenvalue weighted by atomic mass is 79.9. The number of rotatable bonds is 6. The molecule has 0 bridgehead atoms. The van der Waals surface area contributed by atoms with E-state index in [2.05, 4.69) is 31.3 Å². The number of carbonyl (C=O) groups excluding carboxylic acids is 4. The predicted octanol–water partition coefficient (Wildman–Crippen LogP) is 3.52. The molecule has 0 aromatic heterocycles. The number of halogens is 6. The summed E-state index contributed by atoms with van der Waals surface area (Å²) in [5.41, 5.74) is 0.385. The average molecular weight is 590 g/mol. The van der Waals surface area contributed by atoms with E-state index in [0.717, 1.165) is 0 Å². The number of imide groups is 1. The number of alkyl halides is 5. The molecule has 0 radical (unpaired) electrons. The maximum absolute atomic E-state index is 14.7. The number of amides is 4. The Kier molecular flexibility index (Phi) is 6.97. The highest BCUT2D eigenvalue weighted by Gasteiger charge is 2.42. The largest absolute Gasteiger partial charge is 0.573 e. The number of nitrogens with zero attached hydrogens (tertiary/aromatic N) is 1. The number of hydrogen-bond donors (Lipinski definition) is 2. The third-order valence-electron chi connectivity index (χ3n) is 5.85. The number of nitrogens with one attached hydrogen (secondary N) is 2. The Balaban J connectivity index is 1.42. The third kappa shape index (κ3) is 5.58. The number of piperidine rings is 1. The van der Waals surface area contributed by atoms with E-state index >= 15 is 0 Å². The number of fused-ring (bicyclic) bond motifs is 1. The molecule has 14 heteroatoms. The Labute approximate surface area is 214 Å². The molecular weight excluding hydrogens is 573 g/mol. The summed E-state index contributed by atoms with van der Waals surface area (Å²) in [6.45, 7) is -0.260. The van der Waals surface area contributed by atoms with Gasteiger partial charge in [0, 0.05) is 30.6 Å². The van der Waals surface area contributed by atoms with Gasteiger partial charge < -0.3 is 15.0 Å². The Bertz CT molecular complexity index is 1300. The van der Waals surface area contributed by atoms with Crippen molar-refractivity contribution in [2.75, 3.05) is 0 Å². The minimum absolute atomic E-state index is 0.0682. The normalized spacial score (nSPS) is 17.9. The monoisotopic (exact) mass is 589 g/mol. The summed E-state index contributed by atoms with van der Waals surface area (Å²) in [7, 11) is 0. The van der Waals surface area contributed by atoms with Crippen LogP contribution in [0, 0.1) is 0 Å². The van der Waals surface area contributed by atoms with Crippen LogP contribution in [0.15, 0.2) is 40.9 Å². The van der Waals surface area contributed by atoms with Crippen LogP contribution in [-0.4, -0.2) is 40.9 Å². The van der Waals surface area contributed by atoms with Gasteiger partial charge in [-0.25, -0.2) is 0 Å². The summed E-state index contributed by atoms with van der Waals surface area (Å²) in [5.74, 6) is -7.91. The van der Waals surface area contributed by atoms with E-state index in [4.69, 9.17) is 0 Å². The summed E-state index contributed by atoms with van der Waals surface area (Å²) >= 11 is 2.73. The van der Waals surface area contributed by atoms with E-state index in [1.165, 1.54) is 23.1 Å². The summed E-state index contributed by atoms with van der Waals surface area (Å²) in [6.07, 6.45) is -4.75. The molecule has 0 spiro atoms. The van der Waals surface area contributed by atoms with Gasteiger partial charge in [0.1, 0.15) is 11.8 Å². The maximum Gasteiger partial charge on any atom is 0.573 e. The molecule has 2 aliphatic heterocycles. The van der Waals surface area contributed by atoms with Crippen molar-refractivity contribution in [2.24, 2.45) is 0 Å². The van der Waals surface area contributed by atoms with E-state index in [-0.39, 0.29) is 25.9 Å². The first kappa shape index (κ1) is 26.5. The highest BCUT2D eigenvalue weighted by molar-refractivity contribution is 9.10. The van der Waals surface area contributed by atoms with E-state index < -0.39 is 57.7 Å². The quantitative estimate of drug-likeness (QED) is 0.396. The van der Waals surface area contributed by atoms with Crippen LogP contribution < -0.4 is 15.4 Å². The molecule has 1 unspecified atom stereocenters. The van der Waals surface area contributed by atoms with Crippen LogP contribution in [0.3, 0.4) is 0 Å². The second kappa shape index (κ2) is 9.72. The van der Waals surface area contributed by atoms with Crippen molar-refractivity contribution >= 4 is 39.6 Å². The summed E-state index contributed by atoms with van der Waals surface area (Å²) in [6, 6.07) is 5.62. The Morgan fingerprint density at radius 3 is 2.49 bits per heavy atom. The second-order valence-electron chi connectivity index (χ2n) is 8.34. The van der Waals surface area contributed by atoms with Gasteiger partial charge in [0.25, 0.3) is 11.8 Å². The van der Waals surface area contributed by atoms with Crippen LogP contribution in [0.4, 0.5) is 22.0 Å². The molecule has 4 amide bonds. The molecule has 196 valence electrons. The number of ether oxygens (including phenoxy) is 1. The fraction of sp³-hybridized carbons (Fsp3) is 0.304. The van der Waals surface area contributed by atoms with Crippen molar-refractivity contribution in [1.29, 1.82) is 0 Å². The number of benzene rings is 2. The second-order valence-corrected chi connectivity index (χ2v) is 9.20. The van der Waals surface area contributed by atoms with Crippen LogP contribution in [0.1, 0.15) is 39.9 Å². The van der Waals surface area contributed by atoms with Crippen molar-refractivity contribution in [3.8, 4) is 5.75 Å². The Morgan fingerprint density at radius 1 is 1.11 bits per heavy atom. The lowest BCUT2D eigenvalue weighted by Crippen LogP contribution is -2.52. The molecular formula is C23H17BrF5N3O5. The fourth-order valence-electron chi connectivity index (χ4n) is 4.07. The van der Waals surface area contributed by atoms with Crippen molar-refractivity contribution in [2.45, 2.75) is 44.3 Å². The number of carbonyl (C=O) groups is 4. The molecule has 1 saturated heterocycles. The molecule has 0 aliphatic carbocycles. The Morgan fingerprint density at radius 2 is 1.84 bits per heavy atom. The van der Waals surface area contributed by atoms with E-state index in [9.17, 15) is 41.1 Å². The van der Waals surface area contributed by atoms with Gasteiger partial charge in [-0.1, -0.05) is 12.1 Å². The minimum atomic E-state index is -5.02. The van der Waals surface area contributed by atoms with Crippen LogP contribution in [0.5, 0.6) is 5.75 Å². The van der Waals surface area contributed by atoms with Gasteiger partial charge in [0.15, 0.2) is 0 Å². The zero-order valence-corrected chi connectivity index (χ0v) is 20.2. The molecule has 8 nitrogen and oxygen atoms in total. The first-order chi connectivity index (χ1) is 17.3. The third-order valence-corrected chi connectivity index (χ3v) is 6.47. The molecule has 2 aromatic carbocycles. The molecule has 2 heterocycles. The topological polar surface area (TPSA) is 105 Å². The van der Waals surface area contributed by atoms with Gasteiger partial charge in [-0.05, 0) is 57.7 Å². The van der Waals surface area contributed by atoms with E-state index in [0.29, 0.717) is 34.9 Å². The standard InChI is InChI=1S/C23H17BrF5N3O5/c24-15-8-13(2-5-17(15)37-23(27,28)29)22(25,26)21(36)30-9-11-1-3-14-12(7-11)10-32(20(14)35)16-4-6-18(33)31-19(16)34/h1-3,5,7-8,16H,4,6,9-10H2,(H,30,36)(H,31,33,34). The average Bonchev–Trinajstić information content (AvgIpc) is 3.13. The Hall–Kier alpha value is -3.55. The van der Waals surface area contributed by atoms with Crippen LogP contribution in [0.25, 0.3) is 0 Å². The molecule has 2 aliphatic rings. The number of hydrogen-bond acceptors (Lipinski definition) is 5. The van der Waals surface area contributed by atoms with Crippen molar-refractivity contribution < 1.29 is 45.9 Å². The van der Waals surface area contributed by atoms with Crippen molar-refractivity contribution in [1.82, 2.24) is 15.5 Å². The maximum atomic E-state index is 14.7. The van der Waals surface area contributed by atoms with Gasteiger partial charge >= 0.3 is 12.3 Å².